The lowest BCUT2D eigenvalue weighted by Gasteiger charge is -2.14. The van der Waals surface area contributed by atoms with Gasteiger partial charge in [-0.1, -0.05) is 12.1 Å². The molecule has 1 aliphatic heterocycles. The second-order valence-corrected chi connectivity index (χ2v) is 5.39. The second kappa shape index (κ2) is 2.58. The molecule has 0 radical (unpaired) electrons. The van der Waals surface area contributed by atoms with E-state index < -0.39 is 0 Å². The Morgan fingerprint density at radius 1 is 1.58 bits per heavy atom. The molecule has 0 fully saturated rings. The summed E-state index contributed by atoms with van der Waals surface area (Å²) in [6, 6.07) is 5.05. The van der Waals surface area contributed by atoms with Crippen LogP contribution in [0.5, 0.6) is 5.75 Å². The van der Waals surface area contributed by atoms with Crippen molar-refractivity contribution >= 4 is 22.6 Å². The second-order valence-electron chi connectivity index (χ2n) is 3.11. The van der Waals surface area contributed by atoms with Crippen LogP contribution in [0, 0.1) is 5.82 Å². The maximum atomic E-state index is 13.1. The first-order valence-electron chi connectivity index (χ1n) is 3.74. The molecule has 0 saturated heterocycles. The lowest BCUT2D eigenvalue weighted by molar-refractivity contribution is 0.227. The summed E-state index contributed by atoms with van der Waals surface area (Å²) in [7, 11) is 0. The van der Waals surface area contributed by atoms with Gasteiger partial charge in [-0.25, -0.2) is 4.39 Å². The summed E-state index contributed by atoms with van der Waals surface area (Å²) in [5, 5.41) is 0. The third kappa shape index (κ3) is 1.30. The van der Waals surface area contributed by atoms with Crippen LogP contribution in [0.15, 0.2) is 18.2 Å². The summed E-state index contributed by atoms with van der Waals surface area (Å²) < 4.78 is 18.3. The minimum atomic E-state index is -0.276. The number of para-hydroxylation sites is 1. The monoisotopic (exact) mass is 278 g/mol. The van der Waals surface area contributed by atoms with Crippen LogP contribution in [-0.2, 0) is 6.42 Å². The zero-order valence-electron chi connectivity index (χ0n) is 6.60. The van der Waals surface area contributed by atoms with E-state index in [-0.39, 0.29) is 9.43 Å². The Hall–Kier alpha value is -0.320. The fraction of sp³-hybridized carbons (Fsp3) is 0.333. The highest BCUT2D eigenvalue weighted by atomic mass is 127. The highest BCUT2D eigenvalue weighted by Crippen LogP contribution is 2.40. The summed E-state index contributed by atoms with van der Waals surface area (Å²) in [5.41, 5.74) is 0.965. The number of hydrogen-bond donors (Lipinski definition) is 0. The van der Waals surface area contributed by atoms with Gasteiger partial charge < -0.3 is 4.74 Å². The SMILES string of the molecule is CC1(I)Cc2cccc(F)c2O1. The van der Waals surface area contributed by atoms with Crippen LogP contribution >= 0.6 is 22.6 Å². The Balaban J connectivity index is 2.48. The van der Waals surface area contributed by atoms with E-state index in [1.54, 1.807) is 6.07 Å². The van der Waals surface area contributed by atoms with Gasteiger partial charge in [-0.15, -0.1) is 0 Å². The third-order valence-corrected chi connectivity index (χ3v) is 2.47. The summed E-state index contributed by atoms with van der Waals surface area (Å²) in [6.07, 6.45) is 0.778. The molecule has 0 spiro atoms. The summed E-state index contributed by atoms with van der Waals surface area (Å²) in [6.45, 7) is 1.95. The predicted octanol–water partition coefficient (Wildman–Crippen LogP) is 2.91. The highest BCUT2D eigenvalue weighted by Gasteiger charge is 2.33. The third-order valence-electron chi connectivity index (χ3n) is 1.87. The molecular formula is C9H8FIO. The average Bonchev–Trinajstić information content (AvgIpc) is 2.25. The van der Waals surface area contributed by atoms with Crippen LogP contribution in [0.1, 0.15) is 12.5 Å². The molecule has 12 heavy (non-hydrogen) atoms. The zero-order chi connectivity index (χ0) is 8.77. The molecule has 1 aromatic rings. The molecule has 2 rings (SSSR count). The molecule has 0 amide bonds. The minimum Gasteiger partial charge on any atom is -0.474 e. The van der Waals surface area contributed by atoms with E-state index in [1.165, 1.54) is 6.07 Å². The molecule has 1 atom stereocenters. The van der Waals surface area contributed by atoms with Crippen LogP contribution in [0.3, 0.4) is 0 Å². The number of benzene rings is 1. The fourth-order valence-corrected chi connectivity index (χ4v) is 2.03. The van der Waals surface area contributed by atoms with E-state index in [4.69, 9.17) is 4.74 Å². The van der Waals surface area contributed by atoms with Gasteiger partial charge in [-0.2, -0.15) is 0 Å². The lowest BCUT2D eigenvalue weighted by atomic mass is 10.1. The maximum absolute atomic E-state index is 13.1. The Labute approximate surface area is 84.1 Å². The van der Waals surface area contributed by atoms with Gasteiger partial charge in [0.15, 0.2) is 15.2 Å². The van der Waals surface area contributed by atoms with Gasteiger partial charge in [-0.3, -0.25) is 0 Å². The van der Waals surface area contributed by atoms with Crippen LogP contribution in [0.2, 0.25) is 0 Å². The van der Waals surface area contributed by atoms with E-state index in [9.17, 15) is 4.39 Å². The van der Waals surface area contributed by atoms with Crippen LogP contribution in [0.4, 0.5) is 4.39 Å². The number of halogens is 2. The molecule has 64 valence electrons. The Kier molecular flexibility index (Phi) is 1.78. The van der Waals surface area contributed by atoms with E-state index in [0.29, 0.717) is 5.75 Å². The molecular weight excluding hydrogens is 270 g/mol. The van der Waals surface area contributed by atoms with Gasteiger partial charge in [0.2, 0.25) is 0 Å². The summed E-state index contributed by atoms with van der Waals surface area (Å²) >= 11 is 2.19. The van der Waals surface area contributed by atoms with Crippen LogP contribution in [0.25, 0.3) is 0 Å². The van der Waals surface area contributed by atoms with Crippen molar-refractivity contribution < 1.29 is 9.13 Å². The van der Waals surface area contributed by atoms with E-state index >= 15 is 0 Å². The molecule has 0 saturated carbocycles. The first kappa shape index (κ1) is 8.29. The molecule has 0 N–H and O–H groups in total. The molecule has 0 aromatic heterocycles. The normalized spacial score (nSPS) is 26.6. The molecule has 1 aliphatic rings. The van der Waals surface area contributed by atoms with Crippen LogP contribution < -0.4 is 4.74 Å². The van der Waals surface area contributed by atoms with Gasteiger partial charge in [0.25, 0.3) is 0 Å². The minimum absolute atomic E-state index is 0.257. The highest BCUT2D eigenvalue weighted by molar-refractivity contribution is 14.1. The van der Waals surface area contributed by atoms with Crippen LogP contribution in [-0.4, -0.2) is 3.61 Å². The number of ether oxygens (including phenoxy) is 1. The lowest BCUT2D eigenvalue weighted by Crippen LogP contribution is -2.20. The van der Waals surface area contributed by atoms with Gasteiger partial charge in [-0.05, 0) is 35.6 Å². The van der Waals surface area contributed by atoms with Crippen molar-refractivity contribution in [3.63, 3.8) is 0 Å². The summed E-state index contributed by atoms with van der Waals surface area (Å²) in [4.78, 5) is 0. The number of alkyl halides is 1. The standard InChI is InChI=1S/C9H8FIO/c1-9(11)5-6-3-2-4-7(10)8(6)12-9/h2-4H,5H2,1H3. The summed E-state index contributed by atoms with van der Waals surface area (Å²) in [5.74, 6) is 0.169. The molecule has 3 heteroatoms. The Bertz CT molecular complexity index is 322. The number of hydrogen-bond acceptors (Lipinski definition) is 1. The largest absolute Gasteiger partial charge is 0.474 e. The zero-order valence-corrected chi connectivity index (χ0v) is 8.76. The van der Waals surface area contributed by atoms with Gasteiger partial charge in [0.05, 0.1) is 0 Å². The Morgan fingerprint density at radius 3 is 3.00 bits per heavy atom. The van der Waals surface area contributed by atoms with Crippen molar-refractivity contribution in [2.24, 2.45) is 0 Å². The van der Waals surface area contributed by atoms with Crippen molar-refractivity contribution in [3.05, 3.63) is 29.6 Å². The molecule has 1 aromatic carbocycles. The van der Waals surface area contributed by atoms with Gasteiger partial charge >= 0.3 is 0 Å². The average molecular weight is 278 g/mol. The van der Waals surface area contributed by atoms with Crippen molar-refractivity contribution in [2.45, 2.75) is 17.0 Å². The molecule has 1 heterocycles. The van der Waals surface area contributed by atoms with Gasteiger partial charge in [0, 0.05) is 12.0 Å². The quantitative estimate of drug-likeness (QED) is 0.523. The van der Waals surface area contributed by atoms with Crippen molar-refractivity contribution in [1.82, 2.24) is 0 Å². The van der Waals surface area contributed by atoms with Crippen molar-refractivity contribution in [1.29, 1.82) is 0 Å². The van der Waals surface area contributed by atoms with E-state index in [0.717, 1.165) is 12.0 Å². The fourth-order valence-electron chi connectivity index (χ4n) is 1.40. The first-order valence-corrected chi connectivity index (χ1v) is 4.82. The maximum Gasteiger partial charge on any atom is 0.165 e. The molecule has 0 bridgehead atoms. The molecule has 1 nitrogen and oxygen atoms in total. The molecule has 1 unspecified atom stereocenters. The van der Waals surface area contributed by atoms with E-state index in [2.05, 4.69) is 22.6 Å². The predicted molar refractivity (Wildman–Crippen MR) is 53.2 cm³/mol. The number of fused-ring (bicyclic) bond motifs is 1. The first-order chi connectivity index (χ1) is 5.58. The van der Waals surface area contributed by atoms with Crippen molar-refractivity contribution in [2.75, 3.05) is 0 Å². The topological polar surface area (TPSA) is 9.23 Å². The smallest absolute Gasteiger partial charge is 0.165 e. The molecule has 0 aliphatic carbocycles. The Morgan fingerprint density at radius 2 is 2.33 bits per heavy atom. The number of rotatable bonds is 0. The van der Waals surface area contributed by atoms with Gasteiger partial charge in [0.1, 0.15) is 0 Å². The van der Waals surface area contributed by atoms with Crippen molar-refractivity contribution in [3.8, 4) is 5.75 Å². The van der Waals surface area contributed by atoms with E-state index in [1.807, 2.05) is 13.0 Å².